The van der Waals surface area contributed by atoms with Crippen molar-refractivity contribution < 1.29 is 0 Å². The normalized spacial score (nSPS) is 21.6. The molecule has 0 bridgehead atoms. The lowest BCUT2D eigenvalue weighted by atomic mass is 9.99. The molecule has 3 heteroatoms. The maximum Gasteiger partial charge on any atom is 0.0345 e. The van der Waals surface area contributed by atoms with E-state index >= 15 is 0 Å². The Morgan fingerprint density at radius 1 is 1.22 bits per heavy atom. The fourth-order valence-electron chi connectivity index (χ4n) is 2.96. The summed E-state index contributed by atoms with van der Waals surface area (Å²) in [5.41, 5.74) is 4.29. The van der Waals surface area contributed by atoms with Crippen LogP contribution in [0.2, 0.25) is 0 Å². The van der Waals surface area contributed by atoms with Gasteiger partial charge in [-0.15, -0.1) is 0 Å². The third kappa shape index (κ3) is 2.68. The highest BCUT2D eigenvalue weighted by molar-refractivity contribution is 5.50. The quantitative estimate of drug-likeness (QED) is 0.832. The Kier molecular flexibility index (Phi) is 3.52. The molecule has 98 valence electrons. The van der Waals surface area contributed by atoms with Crippen molar-refractivity contribution in [1.82, 2.24) is 10.2 Å². The number of hydrogen-bond acceptors (Lipinski definition) is 3. The summed E-state index contributed by atoms with van der Waals surface area (Å²) < 4.78 is 0. The Morgan fingerprint density at radius 2 is 2.06 bits per heavy atom. The standard InChI is InChI=1S/C15H23N3/c1-18-8-5-14(6-9-18)17-15-3-2-12-4-7-16-11-13(12)10-15/h2-3,10,14,16-17H,4-9,11H2,1H3. The van der Waals surface area contributed by atoms with Crippen molar-refractivity contribution in [2.24, 2.45) is 0 Å². The lowest BCUT2D eigenvalue weighted by Gasteiger charge is -2.30. The van der Waals surface area contributed by atoms with Crippen LogP contribution in [-0.2, 0) is 13.0 Å². The highest BCUT2D eigenvalue weighted by atomic mass is 15.1. The SMILES string of the molecule is CN1CCC(Nc2ccc3c(c2)CNCC3)CC1. The van der Waals surface area contributed by atoms with Crippen LogP contribution in [0.25, 0.3) is 0 Å². The maximum absolute atomic E-state index is 3.70. The smallest absolute Gasteiger partial charge is 0.0345 e. The number of likely N-dealkylation sites (tertiary alicyclic amines) is 1. The van der Waals surface area contributed by atoms with E-state index in [4.69, 9.17) is 0 Å². The second kappa shape index (κ2) is 5.29. The Bertz CT molecular complexity index is 408. The zero-order valence-electron chi connectivity index (χ0n) is 11.2. The number of benzene rings is 1. The van der Waals surface area contributed by atoms with Gasteiger partial charge in [0.1, 0.15) is 0 Å². The third-order valence-electron chi connectivity index (χ3n) is 4.18. The van der Waals surface area contributed by atoms with Crippen molar-refractivity contribution in [2.45, 2.75) is 31.8 Å². The first kappa shape index (κ1) is 12.0. The Labute approximate surface area is 110 Å². The van der Waals surface area contributed by atoms with Crippen molar-refractivity contribution in [3.8, 4) is 0 Å². The van der Waals surface area contributed by atoms with Gasteiger partial charge in [0.2, 0.25) is 0 Å². The summed E-state index contributed by atoms with van der Waals surface area (Å²) in [7, 11) is 2.21. The molecule has 1 fully saturated rings. The lowest BCUT2D eigenvalue weighted by molar-refractivity contribution is 0.264. The molecule has 2 aliphatic heterocycles. The van der Waals surface area contributed by atoms with Crippen LogP contribution in [0.5, 0.6) is 0 Å². The molecule has 0 spiro atoms. The summed E-state index contributed by atoms with van der Waals surface area (Å²) in [5.74, 6) is 0. The molecule has 1 aromatic carbocycles. The van der Waals surface area contributed by atoms with Gasteiger partial charge in [-0.25, -0.2) is 0 Å². The van der Waals surface area contributed by atoms with E-state index in [2.05, 4.69) is 40.8 Å². The maximum atomic E-state index is 3.70. The van der Waals surface area contributed by atoms with Crippen LogP contribution in [0.1, 0.15) is 24.0 Å². The molecule has 0 aromatic heterocycles. The second-order valence-electron chi connectivity index (χ2n) is 5.63. The van der Waals surface area contributed by atoms with Gasteiger partial charge in [0, 0.05) is 18.3 Å². The Hall–Kier alpha value is -1.06. The molecule has 0 aliphatic carbocycles. The molecule has 0 radical (unpaired) electrons. The predicted molar refractivity (Wildman–Crippen MR) is 76.0 cm³/mol. The van der Waals surface area contributed by atoms with Crippen molar-refractivity contribution in [1.29, 1.82) is 0 Å². The number of anilines is 1. The minimum absolute atomic E-state index is 0.649. The number of fused-ring (bicyclic) bond motifs is 1. The minimum Gasteiger partial charge on any atom is -0.382 e. The van der Waals surface area contributed by atoms with E-state index in [9.17, 15) is 0 Å². The molecule has 0 saturated carbocycles. The van der Waals surface area contributed by atoms with E-state index in [1.54, 1.807) is 0 Å². The second-order valence-corrected chi connectivity index (χ2v) is 5.63. The first-order valence-corrected chi connectivity index (χ1v) is 7.09. The van der Waals surface area contributed by atoms with Crippen LogP contribution in [-0.4, -0.2) is 37.6 Å². The number of nitrogens with one attached hydrogen (secondary N) is 2. The zero-order chi connectivity index (χ0) is 12.4. The van der Waals surface area contributed by atoms with Gasteiger partial charge in [-0.1, -0.05) is 6.07 Å². The summed E-state index contributed by atoms with van der Waals surface area (Å²) in [4.78, 5) is 2.41. The van der Waals surface area contributed by atoms with Crippen LogP contribution < -0.4 is 10.6 Å². The molecule has 3 rings (SSSR count). The van der Waals surface area contributed by atoms with E-state index in [0.717, 1.165) is 13.1 Å². The molecule has 2 aliphatic rings. The Balaban J connectivity index is 1.66. The molecule has 0 atom stereocenters. The van der Waals surface area contributed by atoms with Crippen molar-refractivity contribution in [3.63, 3.8) is 0 Å². The van der Waals surface area contributed by atoms with Gasteiger partial charge in [-0.3, -0.25) is 0 Å². The van der Waals surface area contributed by atoms with Gasteiger partial charge in [0.15, 0.2) is 0 Å². The van der Waals surface area contributed by atoms with Gasteiger partial charge < -0.3 is 15.5 Å². The number of rotatable bonds is 2. The third-order valence-corrected chi connectivity index (χ3v) is 4.18. The van der Waals surface area contributed by atoms with Crippen LogP contribution in [0.4, 0.5) is 5.69 Å². The highest BCUT2D eigenvalue weighted by Gasteiger charge is 2.17. The molecular weight excluding hydrogens is 222 g/mol. The summed E-state index contributed by atoms with van der Waals surface area (Å²) in [5, 5.41) is 7.14. The van der Waals surface area contributed by atoms with E-state index in [0.29, 0.717) is 6.04 Å². The minimum atomic E-state index is 0.649. The molecule has 18 heavy (non-hydrogen) atoms. The largest absolute Gasteiger partial charge is 0.382 e. The fourth-order valence-corrected chi connectivity index (χ4v) is 2.96. The van der Waals surface area contributed by atoms with Gasteiger partial charge in [0.25, 0.3) is 0 Å². The van der Waals surface area contributed by atoms with Gasteiger partial charge in [0.05, 0.1) is 0 Å². The van der Waals surface area contributed by atoms with Gasteiger partial charge in [-0.05, 0) is 69.2 Å². The molecule has 0 amide bonds. The molecular formula is C15H23N3. The fraction of sp³-hybridized carbons (Fsp3) is 0.600. The van der Waals surface area contributed by atoms with E-state index < -0.39 is 0 Å². The summed E-state index contributed by atoms with van der Waals surface area (Å²) in [6.45, 7) is 4.57. The van der Waals surface area contributed by atoms with Gasteiger partial charge >= 0.3 is 0 Å². The predicted octanol–water partition coefficient (Wildman–Crippen LogP) is 1.84. The molecule has 0 unspecified atom stereocenters. The first-order chi connectivity index (χ1) is 8.81. The molecule has 2 N–H and O–H groups in total. The van der Waals surface area contributed by atoms with Crippen LogP contribution >= 0.6 is 0 Å². The van der Waals surface area contributed by atoms with Crippen LogP contribution in [0, 0.1) is 0 Å². The van der Waals surface area contributed by atoms with E-state index in [1.807, 2.05) is 0 Å². The van der Waals surface area contributed by atoms with Crippen LogP contribution in [0.15, 0.2) is 18.2 Å². The topological polar surface area (TPSA) is 27.3 Å². The average molecular weight is 245 g/mol. The summed E-state index contributed by atoms with van der Waals surface area (Å²) in [6.07, 6.45) is 3.68. The number of nitrogens with zero attached hydrogens (tertiary/aromatic N) is 1. The monoisotopic (exact) mass is 245 g/mol. The zero-order valence-corrected chi connectivity index (χ0v) is 11.2. The van der Waals surface area contributed by atoms with Crippen molar-refractivity contribution in [3.05, 3.63) is 29.3 Å². The van der Waals surface area contributed by atoms with Crippen molar-refractivity contribution in [2.75, 3.05) is 32.0 Å². The molecule has 3 nitrogen and oxygen atoms in total. The Morgan fingerprint density at radius 3 is 2.89 bits per heavy atom. The first-order valence-electron chi connectivity index (χ1n) is 7.09. The molecule has 1 aromatic rings. The highest BCUT2D eigenvalue weighted by Crippen LogP contribution is 2.21. The lowest BCUT2D eigenvalue weighted by Crippen LogP contribution is -2.36. The summed E-state index contributed by atoms with van der Waals surface area (Å²) >= 11 is 0. The van der Waals surface area contributed by atoms with E-state index in [1.165, 1.54) is 49.2 Å². The van der Waals surface area contributed by atoms with Crippen LogP contribution in [0.3, 0.4) is 0 Å². The van der Waals surface area contributed by atoms with Gasteiger partial charge in [-0.2, -0.15) is 0 Å². The number of hydrogen-bond donors (Lipinski definition) is 2. The molecule has 1 saturated heterocycles. The summed E-state index contributed by atoms with van der Waals surface area (Å²) in [6, 6.07) is 7.53. The number of piperidine rings is 1. The van der Waals surface area contributed by atoms with E-state index in [-0.39, 0.29) is 0 Å². The molecule has 2 heterocycles. The van der Waals surface area contributed by atoms with Crippen molar-refractivity contribution >= 4 is 5.69 Å². The average Bonchev–Trinajstić information content (AvgIpc) is 2.41.